The molecule has 7 nitrogen and oxygen atoms in total. The van der Waals surface area contributed by atoms with Crippen molar-refractivity contribution < 1.29 is 4.74 Å². The number of H-pyrrole nitrogens is 1. The lowest BCUT2D eigenvalue weighted by molar-refractivity contribution is 0.338. The molecular formula is C11H16N6O. The maximum atomic E-state index is 5.79. The molecule has 0 aliphatic carbocycles. The number of ether oxygens (including phenoxy) is 1. The molecule has 0 saturated heterocycles. The smallest absolute Gasteiger partial charge is 0.137 e. The normalized spacial score (nSPS) is 12.3. The Morgan fingerprint density at radius 3 is 2.89 bits per heavy atom. The molecule has 0 aromatic carbocycles. The molecule has 96 valence electrons. The first kappa shape index (κ1) is 12.3. The number of aromatic amines is 1. The third-order valence-corrected chi connectivity index (χ3v) is 2.56. The number of pyridine rings is 1. The van der Waals surface area contributed by atoms with E-state index in [0.717, 1.165) is 11.1 Å². The lowest BCUT2D eigenvalue weighted by Crippen LogP contribution is -2.29. The van der Waals surface area contributed by atoms with Crippen molar-refractivity contribution in [1.82, 2.24) is 20.6 Å². The Hall–Kier alpha value is -2.12. The van der Waals surface area contributed by atoms with E-state index in [9.17, 15) is 0 Å². The van der Waals surface area contributed by atoms with Crippen molar-refractivity contribution in [2.75, 3.05) is 12.3 Å². The Bertz CT molecular complexity index is 512. The zero-order chi connectivity index (χ0) is 13.0. The molecule has 0 spiro atoms. The Balaban J connectivity index is 2.33. The summed E-state index contributed by atoms with van der Waals surface area (Å²) in [4.78, 5) is 4.12. The highest BCUT2D eigenvalue weighted by Crippen LogP contribution is 2.26. The van der Waals surface area contributed by atoms with Crippen LogP contribution in [0, 0.1) is 0 Å². The van der Waals surface area contributed by atoms with E-state index in [1.54, 1.807) is 18.6 Å². The molecule has 1 atom stereocenters. The number of nitrogens with two attached hydrogens (primary N) is 2. The fraction of sp³-hybridized carbons (Fsp3) is 0.273. The molecule has 0 saturated carbocycles. The molecule has 18 heavy (non-hydrogen) atoms. The number of aromatic nitrogens is 3. The van der Waals surface area contributed by atoms with Gasteiger partial charge >= 0.3 is 0 Å². The van der Waals surface area contributed by atoms with Gasteiger partial charge in [0, 0.05) is 11.8 Å². The molecule has 0 radical (unpaired) electrons. The highest BCUT2D eigenvalue weighted by Gasteiger charge is 2.17. The number of hydrogen-bond donors (Lipinski definition) is 4. The number of nitrogen functional groups attached to an aromatic ring is 1. The largest absolute Gasteiger partial charge is 0.492 e. The zero-order valence-electron chi connectivity index (χ0n) is 10.1. The molecule has 1 unspecified atom stereocenters. The first-order valence-corrected chi connectivity index (χ1v) is 5.58. The monoisotopic (exact) mass is 248 g/mol. The van der Waals surface area contributed by atoms with E-state index in [1.165, 1.54) is 0 Å². The van der Waals surface area contributed by atoms with Crippen molar-refractivity contribution >= 4 is 5.82 Å². The topological polar surface area (TPSA) is 115 Å². The van der Waals surface area contributed by atoms with Gasteiger partial charge in [0.05, 0.1) is 25.0 Å². The van der Waals surface area contributed by atoms with Gasteiger partial charge in [-0.05, 0) is 18.6 Å². The van der Waals surface area contributed by atoms with Crippen LogP contribution in [0.5, 0.6) is 5.75 Å². The van der Waals surface area contributed by atoms with Crippen LogP contribution in [-0.4, -0.2) is 21.8 Å². The molecule has 0 bridgehead atoms. The summed E-state index contributed by atoms with van der Waals surface area (Å²) in [6.07, 6.45) is 4.99. The predicted molar refractivity (Wildman–Crippen MR) is 67.6 cm³/mol. The summed E-state index contributed by atoms with van der Waals surface area (Å²) in [5.41, 5.74) is 10.1. The zero-order valence-corrected chi connectivity index (χ0v) is 10.1. The number of nitrogens with zero attached hydrogens (tertiary/aromatic N) is 2. The van der Waals surface area contributed by atoms with Gasteiger partial charge in [0.1, 0.15) is 11.6 Å². The van der Waals surface area contributed by atoms with E-state index in [2.05, 4.69) is 20.6 Å². The highest BCUT2D eigenvalue weighted by atomic mass is 16.5. The van der Waals surface area contributed by atoms with Crippen LogP contribution in [0.2, 0.25) is 0 Å². The Kier molecular flexibility index (Phi) is 3.75. The number of hydrogen-bond acceptors (Lipinski definition) is 6. The second-order valence-corrected chi connectivity index (χ2v) is 3.73. The molecule has 2 rings (SSSR count). The standard InChI is InChI=1S/C11H16N6O/c1-2-18-8-3-7(4-14-5-8)10(16-13)9-6-15-17-11(9)12/h3-6,10,16H,2,13H2,1H3,(H3,12,15,17). The maximum absolute atomic E-state index is 5.79. The number of anilines is 1. The maximum Gasteiger partial charge on any atom is 0.137 e. The van der Waals surface area contributed by atoms with Crippen LogP contribution >= 0.6 is 0 Å². The average molecular weight is 248 g/mol. The SMILES string of the molecule is CCOc1cncc(C(NN)c2cn[nH]c2N)c1. The lowest BCUT2D eigenvalue weighted by Gasteiger charge is -2.16. The van der Waals surface area contributed by atoms with Gasteiger partial charge in [-0.25, -0.2) is 5.43 Å². The van der Waals surface area contributed by atoms with Crippen molar-refractivity contribution in [3.8, 4) is 5.75 Å². The number of nitrogens with one attached hydrogen (secondary N) is 2. The van der Waals surface area contributed by atoms with Gasteiger partial charge in [0.15, 0.2) is 0 Å². The molecule has 0 aliphatic rings. The Labute approximate surface area is 105 Å². The minimum atomic E-state index is -0.281. The predicted octanol–water partition coefficient (Wildman–Crippen LogP) is 0.338. The van der Waals surface area contributed by atoms with E-state index in [-0.39, 0.29) is 6.04 Å². The third kappa shape index (κ3) is 2.41. The van der Waals surface area contributed by atoms with Gasteiger partial charge in [0.2, 0.25) is 0 Å². The quantitative estimate of drug-likeness (QED) is 0.448. The second kappa shape index (κ2) is 5.48. The fourth-order valence-electron chi connectivity index (χ4n) is 1.74. The minimum Gasteiger partial charge on any atom is -0.492 e. The van der Waals surface area contributed by atoms with Crippen LogP contribution in [0.3, 0.4) is 0 Å². The summed E-state index contributed by atoms with van der Waals surface area (Å²) in [5, 5.41) is 6.55. The van der Waals surface area contributed by atoms with Crippen LogP contribution in [-0.2, 0) is 0 Å². The van der Waals surface area contributed by atoms with Gasteiger partial charge in [0.25, 0.3) is 0 Å². The van der Waals surface area contributed by atoms with Crippen molar-refractivity contribution in [3.63, 3.8) is 0 Å². The minimum absolute atomic E-state index is 0.281. The Morgan fingerprint density at radius 2 is 2.28 bits per heavy atom. The van der Waals surface area contributed by atoms with Crippen LogP contribution in [0.1, 0.15) is 24.1 Å². The van der Waals surface area contributed by atoms with Crippen molar-refractivity contribution in [2.24, 2.45) is 5.84 Å². The molecule has 2 heterocycles. The molecule has 0 amide bonds. The summed E-state index contributed by atoms with van der Waals surface area (Å²) in [7, 11) is 0. The molecule has 2 aromatic rings. The van der Waals surface area contributed by atoms with E-state index in [0.29, 0.717) is 18.2 Å². The first-order chi connectivity index (χ1) is 8.76. The average Bonchev–Trinajstić information content (AvgIpc) is 2.78. The summed E-state index contributed by atoms with van der Waals surface area (Å²) < 4.78 is 5.40. The Morgan fingerprint density at radius 1 is 1.44 bits per heavy atom. The van der Waals surface area contributed by atoms with E-state index >= 15 is 0 Å². The number of rotatable bonds is 5. The molecule has 0 fully saturated rings. The van der Waals surface area contributed by atoms with Gasteiger partial charge in [-0.15, -0.1) is 0 Å². The second-order valence-electron chi connectivity index (χ2n) is 3.73. The summed E-state index contributed by atoms with van der Waals surface area (Å²) in [6, 6.07) is 1.59. The van der Waals surface area contributed by atoms with Gasteiger partial charge in [-0.1, -0.05) is 0 Å². The highest BCUT2D eigenvalue weighted by molar-refractivity contribution is 5.44. The van der Waals surface area contributed by atoms with Gasteiger partial charge in [-0.3, -0.25) is 15.9 Å². The molecule has 7 heteroatoms. The summed E-state index contributed by atoms with van der Waals surface area (Å²) in [6.45, 7) is 2.50. The summed E-state index contributed by atoms with van der Waals surface area (Å²) in [5.74, 6) is 6.74. The molecule has 2 aromatic heterocycles. The van der Waals surface area contributed by atoms with E-state index < -0.39 is 0 Å². The lowest BCUT2D eigenvalue weighted by atomic mass is 10.0. The molecular weight excluding hydrogens is 232 g/mol. The molecule has 0 aliphatic heterocycles. The number of hydrazine groups is 1. The van der Waals surface area contributed by atoms with Gasteiger partial charge in [-0.2, -0.15) is 5.10 Å². The van der Waals surface area contributed by atoms with Crippen LogP contribution in [0.25, 0.3) is 0 Å². The van der Waals surface area contributed by atoms with Crippen LogP contribution in [0.15, 0.2) is 24.7 Å². The molecule has 6 N–H and O–H groups in total. The summed E-state index contributed by atoms with van der Waals surface area (Å²) >= 11 is 0. The van der Waals surface area contributed by atoms with E-state index in [1.807, 2.05) is 13.0 Å². The van der Waals surface area contributed by atoms with Gasteiger partial charge < -0.3 is 10.5 Å². The third-order valence-electron chi connectivity index (χ3n) is 2.56. The van der Waals surface area contributed by atoms with Crippen LogP contribution < -0.4 is 21.7 Å². The van der Waals surface area contributed by atoms with Crippen molar-refractivity contribution in [3.05, 3.63) is 35.8 Å². The first-order valence-electron chi connectivity index (χ1n) is 5.58. The van der Waals surface area contributed by atoms with Crippen LogP contribution in [0.4, 0.5) is 5.82 Å². The van der Waals surface area contributed by atoms with Crippen molar-refractivity contribution in [1.29, 1.82) is 0 Å². The van der Waals surface area contributed by atoms with Crippen molar-refractivity contribution in [2.45, 2.75) is 13.0 Å². The fourth-order valence-corrected chi connectivity index (χ4v) is 1.74. The van der Waals surface area contributed by atoms with E-state index in [4.69, 9.17) is 16.3 Å².